The summed E-state index contributed by atoms with van der Waals surface area (Å²) in [6.07, 6.45) is 3.10. The number of hydrogen-bond acceptors (Lipinski definition) is 4. The van der Waals surface area contributed by atoms with E-state index in [2.05, 4.69) is 25.3 Å². The summed E-state index contributed by atoms with van der Waals surface area (Å²) in [6, 6.07) is 8.66. The lowest BCUT2D eigenvalue weighted by molar-refractivity contribution is -0.0512. The molecule has 0 atom stereocenters. The molecule has 0 saturated heterocycles. The van der Waals surface area contributed by atoms with Gasteiger partial charge in [0, 0.05) is 25.8 Å². The summed E-state index contributed by atoms with van der Waals surface area (Å²) in [4.78, 5) is 8.58. The number of benzene rings is 1. The molecule has 2 rings (SSSR count). The molecule has 0 bridgehead atoms. The maximum absolute atomic E-state index is 12.5. The number of rotatable bonds is 10. The van der Waals surface area contributed by atoms with Crippen molar-refractivity contribution in [3.05, 3.63) is 52.8 Å². The molecule has 1 heterocycles. The Morgan fingerprint density at radius 3 is 2.53 bits per heavy atom. The van der Waals surface area contributed by atoms with E-state index in [-0.39, 0.29) is 35.5 Å². The average molecular weight is 555 g/mol. The topological polar surface area (TPSA) is 67.8 Å². The van der Waals surface area contributed by atoms with Gasteiger partial charge >= 0.3 is 6.61 Å². The van der Waals surface area contributed by atoms with Crippen molar-refractivity contribution in [1.29, 1.82) is 0 Å². The van der Waals surface area contributed by atoms with Crippen LogP contribution in [0.2, 0.25) is 5.15 Å². The molecule has 0 aliphatic carbocycles. The fraction of sp³-hybridized carbons (Fsp3) is 0.400. The SMILES string of the molecule is CCNC(=NCCc1ccc(OC)c(OC(F)F)c1)NCCc1ccc(Cl)nc1.I. The van der Waals surface area contributed by atoms with Crippen LogP contribution < -0.4 is 20.1 Å². The molecular formula is C20H26ClF2IN4O2. The molecule has 10 heteroatoms. The number of pyridine rings is 1. The number of guanidine groups is 1. The van der Waals surface area contributed by atoms with Crippen LogP contribution in [0, 0.1) is 0 Å². The normalized spacial score (nSPS) is 11.1. The van der Waals surface area contributed by atoms with Crippen molar-refractivity contribution < 1.29 is 18.3 Å². The molecule has 0 fully saturated rings. The standard InChI is InChI=1S/C20H25ClF2N4O2.HI/c1-3-24-20(26-11-9-15-5-7-18(21)27-13-15)25-10-8-14-4-6-16(28-2)17(12-14)29-19(22)23;/h4-7,12-13,19H,3,8-11H2,1-2H3,(H2,24,25,26);1H. The van der Waals surface area contributed by atoms with Gasteiger partial charge in [0.15, 0.2) is 17.5 Å². The highest BCUT2D eigenvalue weighted by Crippen LogP contribution is 2.29. The van der Waals surface area contributed by atoms with Crippen molar-refractivity contribution in [2.75, 3.05) is 26.7 Å². The number of alkyl halides is 2. The molecule has 0 radical (unpaired) electrons. The van der Waals surface area contributed by atoms with Gasteiger partial charge < -0.3 is 20.1 Å². The lowest BCUT2D eigenvalue weighted by Crippen LogP contribution is -2.38. The largest absolute Gasteiger partial charge is 0.493 e. The molecule has 0 aliphatic rings. The van der Waals surface area contributed by atoms with E-state index in [0.29, 0.717) is 30.6 Å². The molecule has 1 aromatic carbocycles. The number of methoxy groups -OCH3 is 1. The zero-order chi connectivity index (χ0) is 21.1. The number of aliphatic imine (C=N–C) groups is 1. The lowest BCUT2D eigenvalue weighted by atomic mass is 10.1. The van der Waals surface area contributed by atoms with Crippen molar-refractivity contribution in [1.82, 2.24) is 15.6 Å². The van der Waals surface area contributed by atoms with Crippen LogP contribution in [-0.4, -0.2) is 44.3 Å². The van der Waals surface area contributed by atoms with Gasteiger partial charge in [-0.2, -0.15) is 8.78 Å². The molecule has 0 unspecified atom stereocenters. The summed E-state index contributed by atoms with van der Waals surface area (Å²) in [7, 11) is 1.41. The summed E-state index contributed by atoms with van der Waals surface area (Å²) in [5.74, 6) is 0.974. The number of ether oxygens (including phenoxy) is 2. The van der Waals surface area contributed by atoms with Crippen LogP contribution in [0.1, 0.15) is 18.1 Å². The summed E-state index contributed by atoms with van der Waals surface area (Å²) >= 11 is 5.79. The van der Waals surface area contributed by atoms with E-state index in [1.807, 2.05) is 13.0 Å². The second-order valence-corrected chi connectivity index (χ2v) is 6.43. The summed E-state index contributed by atoms with van der Waals surface area (Å²) < 4.78 is 34.6. The number of nitrogens with one attached hydrogen (secondary N) is 2. The lowest BCUT2D eigenvalue weighted by Gasteiger charge is -2.12. The first kappa shape index (κ1) is 26.2. The Morgan fingerprint density at radius 2 is 1.90 bits per heavy atom. The van der Waals surface area contributed by atoms with E-state index >= 15 is 0 Å². The molecule has 2 N–H and O–H groups in total. The van der Waals surface area contributed by atoms with Crippen LogP contribution in [0.25, 0.3) is 0 Å². The maximum atomic E-state index is 12.5. The quantitative estimate of drug-likeness (QED) is 0.198. The van der Waals surface area contributed by atoms with Crippen molar-refractivity contribution in [2.24, 2.45) is 4.99 Å². The molecular weight excluding hydrogens is 529 g/mol. The van der Waals surface area contributed by atoms with Gasteiger partial charge in [-0.25, -0.2) is 4.98 Å². The molecule has 0 saturated carbocycles. The summed E-state index contributed by atoms with van der Waals surface area (Å²) in [6.45, 7) is 0.973. The third-order valence-corrected chi connectivity index (χ3v) is 4.18. The fourth-order valence-electron chi connectivity index (χ4n) is 2.58. The number of halogens is 4. The van der Waals surface area contributed by atoms with E-state index in [9.17, 15) is 8.78 Å². The summed E-state index contributed by atoms with van der Waals surface area (Å²) in [5.41, 5.74) is 1.90. The Bertz CT molecular complexity index is 795. The minimum Gasteiger partial charge on any atom is -0.493 e. The highest BCUT2D eigenvalue weighted by atomic mass is 127. The van der Waals surface area contributed by atoms with Gasteiger partial charge in [-0.05, 0) is 49.1 Å². The minimum absolute atomic E-state index is 0. The molecule has 2 aromatic rings. The molecule has 1 aromatic heterocycles. The van der Waals surface area contributed by atoms with Gasteiger partial charge in [0.2, 0.25) is 0 Å². The van der Waals surface area contributed by atoms with Crippen LogP contribution in [0.5, 0.6) is 11.5 Å². The zero-order valence-electron chi connectivity index (χ0n) is 16.8. The van der Waals surface area contributed by atoms with Crippen molar-refractivity contribution in [3.63, 3.8) is 0 Å². The van der Waals surface area contributed by atoms with Crippen LogP contribution in [-0.2, 0) is 12.8 Å². The number of aromatic nitrogens is 1. The number of hydrogen-bond donors (Lipinski definition) is 2. The Morgan fingerprint density at radius 1 is 1.13 bits per heavy atom. The van der Waals surface area contributed by atoms with Gasteiger partial charge in [-0.15, -0.1) is 24.0 Å². The average Bonchev–Trinajstić information content (AvgIpc) is 2.69. The predicted molar refractivity (Wildman–Crippen MR) is 126 cm³/mol. The van der Waals surface area contributed by atoms with Crippen molar-refractivity contribution in [2.45, 2.75) is 26.4 Å². The monoisotopic (exact) mass is 554 g/mol. The zero-order valence-corrected chi connectivity index (χ0v) is 19.9. The second kappa shape index (κ2) is 14.2. The smallest absolute Gasteiger partial charge is 0.387 e. The minimum atomic E-state index is -2.91. The maximum Gasteiger partial charge on any atom is 0.387 e. The van der Waals surface area contributed by atoms with Crippen LogP contribution in [0.4, 0.5) is 8.78 Å². The van der Waals surface area contributed by atoms with E-state index in [1.54, 1.807) is 30.5 Å². The van der Waals surface area contributed by atoms with E-state index in [1.165, 1.54) is 7.11 Å². The Balaban J connectivity index is 0.00000450. The molecule has 0 aliphatic heterocycles. The van der Waals surface area contributed by atoms with Crippen molar-refractivity contribution >= 4 is 41.5 Å². The third-order valence-electron chi connectivity index (χ3n) is 3.95. The van der Waals surface area contributed by atoms with Crippen LogP contribution in [0.15, 0.2) is 41.5 Å². The highest BCUT2D eigenvalue weighted by Gasteiger charge is 2.11. The predicted octanol–water partition coefficient (Wildman–Crippen LogP) is 4.30. The highest BCUT2D eigenvalue weighted by molar-refractivity contribution is 14.0. The first-order chi connectivity index (χ1) is 14.0. The molecule has 166 valence electrons. The van der Waals surface area contributed by atoms with E-state index in [4.69, 9.17) is 16.3 Å². The van der Waals surface area contributed by atoms with Gasteiger partial charge in [-0.1, -0.05) is 23.7 Å². The number of nitrogens with zero attached hydrogens (tertiary/aromatic N) is 2. The van der Waals surface area contributed by atoms with Gasteiger partial charge in [0.25, 0.3) is 0 Å². The third kappa shape index (κ3) is 9.29. The van der Waals surface area contributed by atoms with Gasteiger partial charge in [0.05, 0.1) is 7.11 Å². The Labute approximate surface area is 197 Å². The molecule has 0 amide bonds. The fourth-order valence-corrected chi connectivity index (χ4v) is 2.69. The van der Waals surface area contributed by atoms with E-state index in [0.717, 1.165) is 24.1 Å². The first-order valence-electron chi connectivity index (χ1n) is 9.26. The molecule has 0 spiro atoms. The molecule has 6 nitrogen and oxygen atoms in total. The Hall–Kier alpha value is -1.88. The van der Waals surface area contributed by atoms with Crippen LogP contribution in [0.3, 0.4) is 0 Å². The van der Waals surface area contributed by atoms with Crippen molar-refractivity contribution in [3.8, 4) is 11.5 Å². The Kier molecular flexibility index (Phi) is 12.4. The second-order valence-electron chi connectivity index (χ2n) is 6.04. The van der Waals surface area contributed by atoms with Gasteiger partial charge in [-0.3, -0.25) is 4.99 Å². The van der Waals surface area contributed by atoms with Crippen LogP contribution >= 0.6 is 35.6 Å². The first-order valence-corrected chi connectivity index (χ1v) is 9.64. The molecule has 30 heavy (non-hydrogen) atoms. The van der Waals surface area contributed by atoms with E-state index < -0.39 is 6.61 Å². The summed E-state index contributed by atoms with van der Waals surface area (Å²) in [5, 5.41) is 6.91. The van der Waals surface area contributed by atoms with Gasteiger partial charge in [0.1, 0.15) is 5.15 Å².